The molecule has 0 heterocycles. The highest BCUT2D eigenvalue weighted by Crippen LogP contribution is 2.26. The van der Waals surface area contributed by atoms with E-state index in [0.717, 1.165) is 0 Å². The Bertz CT molecular complexity index is 628. The predicted molar refractivity (Wildman–Crippen MR) is 81.1 cm³/mol. The molecule has 0 aromatic heterocycles. The molecule has 2 nitrogen and oxygen atoms in total. The number of carbonyl (C=O) groups excluding carboxylic acids is 1. The number of anilines is 1. The van der Waals surface area contributed by atoms with E-state index in [2.05, 4.69) is 31.9 Å². The van der Waals surface area contributed by atoms with Gasteiger partial charge in [0.25, 0.3) is 0 Å². The fourth-order valence-electron chi connectivity index (χ4n) is 1.50. The molecular weight excluding hydrogens is 381 g/mol. The van der Waals surface area contributed by atoms with Gasteiger partial charge in [-0.25, -0.2) is 0 Å². The number of benzene rings is 2. The third-order valence-corrected chi connectivity index (χ3v) is 4.05. The summed E-state index contributed by atoms with van der Waals surface area (Å²) in [6.45, 7) is 0. The molecule has 0 radical (unpaired) electrons. The van der Waals surface area contributed by atoms with E-state index >= 15 is 0 Å². The molecule has 18 heavy (non-hydrogen) atoms. The van der Waals surface area contributed by atoms with Gasteiger partial charge in [-0.05, 0) is 52.3 Å². The highest BCUT2D eigenvalue weighted by Gasteiger charge is 2.14. The summed E-state index contributed by atoms with van der Waals surface area (Å²) >= 11 is 12.6. The summed E-state index contributed by atoms with van der Waals surface area (Å²) in [6, 6.07) is 10.2. The van der Waals surface area contributed by atoms with E-state index in [1.165, 1.54) is 0 Å². The zero-order chi connectivity index (χ0) is 13.3. The van der Waals surface area contributed by atoms with Crippen molar-refractivity contribution in [2.24, 2.45) is 0 Å². The van der Waals surface area contributed by atoms with E-state index in [-0.39, 0.29) is 5.78 Å². The van der Waals surface area contributed by atoms with Crippen LogP contribution in [-0.4, -0.2) is 5.78 Å². The van der Waals surface area contributed by atoms with E-state index in [1.54, 1.807) is 36.4 Å². The van der Waals surface area contributed by atoms with Gasteiger partial charge >= 0.3 is 0 Å². The minimum Gasteiger partial charge on any atom is -0.398 e. The summed E-state index contributed by atoms with van der Waals surface area (Å²) in [5.41, 5.74) is 7.37. The fraction of sp³-hybridized carbons (Fsp3) is 0. The van der Waals surface area contributed by atoms with Gasteiger partial charge in [-0.2, -0.15) is 0 Å². The van der Waals surface area contributed by atoms with Crippen LogP contribution in [0.4, 0.5) is 5.69 Å². The first-order valence-corrected chi connectivity index (χ1v) is 7.00. The van der Waals surface area contributed by atoms with Gasteiger partial charge in [0.1, 0.15) is 0 Å². The van der Waals surface area contributed by atoms with Crippen LogP contribution in [0.3, 0.4) is 0 Å². The quantitative estimate of drug-likeness (QED) is 0.599. The van der Waals surface area contributed by atoms with Crippen molar-refractivity contribution in [1.82, 2.24) is 0 Å². The molecule has 0 atom stereocenters. The van der Waals surface area contributed by atoms with Gasteiger partial charge in [0.2, 0.25) is 0 Å². The summed E-state index contributed by atoms with van der Waals surface area (Å²) in [7, 11) is 0. The van der Waals surface area contributed by atoms with Gasteiger partial charge in [0.05, 0.1) is 0 Å². The summed E-state index contributed by atoms with van der Waals surface area (Å²) in [5, 5.41) is 0.524. The fourth-order valence-corrected chi connectivity index (χ4v) is 2.47. The number of ketones is 1. The largest absolute Gasteiger partial charge is 0.398 e. The standard InChI is InChI=1S/C13H8Br2ClNO/c14-10-3-2-8(16)6-9(10)13(18)7-1-4-12(17)11(15)5-7/h1-6H,17H2. The summed E-state index contributed by atoms with van der Waals surface area (Å²) in [4.78, 5) is 12.3. The smallest absolute Gasteiger partial charge is 0.194 e. The minimum atomic E-state index is -0.106. The average molecular weight is 389 g/mol. The first kappa shape index (κ1) is 13.6. The van der Waals surface area contributed by atoms with E-state index in [1.807, 2.05) is 0 Å². The Kier molecular flexibility index (Phi) is 4.10. The number of carbonyl (C=O) groups is 1. The lowest BCUT2D eigenvalue weighted by atomic mass is 10.0. The molecule has 0 fully saturated rings. The molecule has 0 saturated heterocycles. The van der Waals surface area contributed by atoms with Crippen LogP contribution in [0.25, 0.3) is 0 Å². The van der Waals surface area contributed by atoms with Gasteiger partial charge in [-0.1, -0.05) is 27.5 Å². The number of nitrogens with two attached hydrogens (primary N) is 1. The first-order chi connectivity index (χ1) is 8.49. The van der Waals surface area contributed by atoms with Crippen molar-refractivity contribution in [2.75, 3.05) is 5.73 Å². The summed E-state index contributed by atoms with van der Waals surface area (Å²) < 4.78 is 1.41. The molecular formula is C13H8Br2ClNO. The highest BCUT2D eigenvalue weighted by molar-refractivity contribution is 9.11. The summed E-state index contributed by atoms with van der Waals surface area (Å²) in [6.07, 6.45) is 0. The van der Waals surface area contributed by atoms with Gasteiger partial charge in [0, 0.05) is 30.8 Å². The molecule has 0 spiro atoms. The number of halogens is 3. The molecule has 0 aliphatic rings. The lowest BCUT2D eigenvalue weighted by Crippen LogP contribution is -2.03. The van der Waals surface area contributed by atoms with Crippen molar-refractivity contribution in [3.63, 3.8) is 0 Å². The molecule has 92 valence electrons. The van der Waals surface area contributed by atoms with Crippen molar-refractivity contribution in [2.45, 2.75) is 0 Å². The molecule has 0 amide bonds. The Morgan fingerprint density at radius 1 is 1.06 bits per heavy atom. The van der Waals surface area contributed by atoms with Gasteiger partial charge < -0.3 is 5.73 Å². The second kappa shape index (κ2) is 5.43. The van der Waals surface area contributed by atoms with Crippen molar-refractivity contribution < 1.29 is 4.79 Å². The van der Waals surface area contributed by atoms with Crippen molar-refractivity contribution in [3.05, 3.63) is 61.5 Å². The molecule has 5 heteroatoms. The molecule has 0 saturated carbocycles. The lowest BCUT2D eigenvalue weighted by molar-refractivity contribution is 0.103. The van der Waals surface area contributed by atoms with Crippen LogP contribution in [0.1, 0.15) is 15.9 Å². The predicted octanol–water partition coefficient (Wildman–Crippen LogP) is 4.68. The average Bonchev–Trinajstić information content (AvgIpc) is 2.35. The topological polar surface area (TPSA) is 43.1 Å². The third-order valence-electron chi connectivity index (χ3n) is 2.44. The third kappa shape index (κ3) is 2.76. The monoisotopic (exact) mass is 387 g/mol. The van der Waals surface area contributed by atoms with E-state index in [0.29, 0.717) is 30.8 Å². The van der Waals surface area contributed by atoms with Crippen LogP contribution >= 0.6 is 43.5 Å². The Hall–Kier alpha value is -0.840. The van der Waals surface area contributed by atoms with Crippen LogP contribution in [0.15, 0.2) is 45.3 Å². The van der Waals surface area contributed by atoms with Gasteiger partial charge in [-0.3, -0.25) is 4.79 Å². The minimum absolute atomic E-state index is 0.106. The maximum absolute atomic E-state index is 12.3. The summed E-state index contributed by atoms with van der Waals surface area (Å²) in [5.74, 6) is -0.106. The SMILES string of the molecule is Nc1ccc(C(=O)c2cc(Cl)ccc2Br)cc1Br. The first-order valence-electron chi connectivity index (χ1n) is 5.04. The van der Waals surface area contributed by atoms with Crippen LogP contribution < -0.4 is 5.73 Å². The Labute approximate surface area is 126 Å². The molecule has 2 aromatic rings. The second-order valence-corrected chi connectivity index (χ2v) is 5.83. The van der Waals surface area contributed by atoms with Crippen LogP contribution in [0.2, 0.25) is 5.02 Å². The zero-order valence-corrected chi connectivity index (χ0v) is 13.0. The number of nitrogen functional groups attached to an aromatic ring is 1. The van der Waals surface area contributed by atoms with Gasteiger partial charge in [0.15, 0.2) is 5.78 Å². The normalized spacial score (nSPS) is 10.4. The Balaban J connectivity index is 2.47. The molecule has 2 N–H and O–H groups in total. The number of rotatable bonds is 2. The Morgan fingerprint density at radius 3 is 2.44 bits per heavy atom. The number of hydrogen-bond donors (Lipinski definition) is 1. The highest BCUT2D eigenvalue weighted by atomic mass is 79.9. The van der Waals surface area contributed by atoms with Crippen molar-refractivity contribution >= 4 is 54.9 Å². The van der Waals surface area contributed by atoms with Crippen LogP contribution in [-0.2, 0) is 0 Å². The van der Waals surface area contributed by atoms with Gasteiger partial charge in [-0.15, -0.1) is 0 Å². The molecule has 2 aromatic carbocycles. The number of hydrogen-bond acceptors (Lipinski definition) is 2. The lowest BCUT2D eigenvalue weighted by Gasteiger charge is -2.06. The molecule has 0 aliphatic heterocycles. The van der Waals surface area contributed by atoms with Crippen molar-refractivity contribution in [1.29, 1.82) is 0 Å². The van der Waals surface area contributed by atoms with E-state index < -0.39 is 0 Å². The molecule has 0 aliphatic carbocycles. The molecule has 0 unspecified atom stereocenters. The maximum Gasteiger partial charge on any atom is 0.194 e. The van der Waals surface area contributed by atoms with Crippen LogP contribution in [0.5, 0.6) is 0 Å². The maximum atomic E-state index is 12.3. The van der Waals surface area contributed by atoms with E-state index in [4.69, 9.17) is 17.3 Å². The van der Waals surface area contributed by atoms with Crippen molar-refractivity contribution in [3.8, 4) is 0 Å². The molecule has 0 bridgehead atoms. The molecule has 2 rings (SSSR count). The Morgan fingerprint density at radius 2 is 1.78 bits per heavy atom. The van der Waals surface area contributed by atoms with Crippen LogP contribution in [0, 0.1) is 0 Å². The van der Waals surface area contributed by atoms with E-state index in [9.17, 15) is 4.79 Å². The zero-order valence-electron chi connectivity index (χ0n) is 9.08. The second-order valence-electron chi connectivity index (χ2n) is 3.69.